The standard InChI is InChI=1S/C9H7BrN2O4/c10-6-1-5(2-7(3-6)12(14)15)8-4-16-9(13)11-8/h1-3,8H,4H2,(H,11,13). The van der Waals surface area contributed by atoms with Crippen LogP contribution in [0.3, 0.4) is 0 Å². The van der Waals surface area contributed by atoms with Gasteiger partial charge in [0.2, 0.25) is 0 Å². The number of nitro benzene ring substituents is 1. The van der Waals surface area contributed by atoms with Gasteiger partial charge >= 0.3 is 6.09 Å². The first-order valence-electron chi connectivity index (χ1n) is 4.44. The molecule has 1 unspecified atom stereocenters. The molecule has 0 bridgehead atoms. The topological polar surface area (TPSA) is 81.5 Å². The zero-order valence-corrected chi connectivity index (χ0v) is 9.56. The number of carbonyl (C=O) groups excluding carboxylic acids is 1. The Morgan fingerprint density at radius 3 is 2.81 bits per heavy atom. The molecule has 1 aliphatic rings. The van der Waals surface area contributed by atoms with E-state index >= 15 is 0 Å². The first kappa shape index (κ1) is 10.9. The Balaban J connectivity index is 2.34. The summed E-state index contributed by atoms with van der Waals surface area (Å²) >= 11 is 3.19. The minimum atomic E-state index is -0.507. The van der Waals surface area contributed by atoms with E-state index in [1.54, 1.807) is 6.07 Å². The van der Waals surface area contributed by atoms with Crippen LogP contribution in [0, 0.1) is 10.1 Å². The number of nitrogens with zero attached hydrogens (tertiary/aromatic N) is 1. The van der Waals surface area contributed by atoms with Gasteiger partial charge < -0.3 is 10.1 Å². The number of non-ortho nitro benzene ring substituents is 1. The molecule has 7 heteroatoms. The van der Waals surface area contributed by atoms with Crippen LogP contribution < -0.4 is 5.32 Å². The lowest BCUT2D eigenvalue weighted by Crippen LogP contribution is -2.18. The van der Waals surface area contributed by atoms with Crippen molar-refractivity contribution in [3.8, 4) is 0 Å². The highest BCUT2D eigenvalue weighted by atomic mass is 79.9. The fourth-order valence-electron chi connectivity index (χ4n) is 1.47. The van der Waals surface area contributed by atoms with Crippen LogP contribution in [0.1, 0.15) is 11.6 Å². The highest BCUT2D eigenvalue weighted by Gasteiger charge is 2.25. The Hall–Kier alpha value is -1.63. The number of benzene rings is 1. The van der Waals surface area contributed by atoms with E-state index in [9.17, 15) is 14.9 Å². The number of hydrogen-bond acceptors (Lipinski definition) is 4. The number of rotatable bonds is 2. The number of ether oxygens (including phenoxy) is 1. The van der Waals surface area contributed by atoms with Gasteiger partial charge in [-0.15, -0.1) is 0 Å². The first-order valence-corrected chi connectivity index (χ1v) is 5.24. The van der Waals surface area contributed by atoms with Crippen molar-refractivity contribution < 1.29 is 14.5 Å². The molecule has 84 valence electrons. The molecule has 0 aromatic heterocycles. The summed E-state index contributed by atoms with van der Waals surface area (Å²) in [6, 6.07) is 4.21. The molecule has 0 radical (unpaired) electrons. The Morgan fingerprint density at radius 1 is 1.50 bits per heavy atom. The summed E-state index contributed by atoms with van der Waals surface area (Å²) in [7, 11) is 0. The number of nitrogens with one attached hydrogen (secondary N) is 1. The van der Waals surface area contributed by atoms with Gasteiger partial charge in [-0.25, -0.2) is 4.79 Å². The number of carbonyl (C=O) groups is 1. The van der Waals surface area contributed by atoms with Crippen molar-refractivity contribution in [2.24, 2.45) is 0 Å². The highest BCUT2D eigenvalue weighted by molar-refractivity contribution is 9.10. The lowest BCUT2D eigenvalue weighted by atomic mass is 10.1. The van der Waals surface area contributed by atoms with Crippen LogP contribution in [-0.4, -0.2) is 17.6 Å². The molecule has 1 amide bonds. The molecular weight excluding hydrogens is 280 g/mol. The van der Waals surface area contributed by atoms with E-state index in [2.05, 4.69) is 21.2 Å². The number of halogens is 1. The lowest BCUT2D eigenvalue weighted by Gasteiger charge is -2.07. The molecule has 1 fully saturated rings. The Labute approximate surface area is 98.9 Å². The summed E-state index contributed by atoms with van der Waals surface area (Å²) in [6.07, 6.45) is -0.507. The summed E-state index contributed by atoms with van der Waals surface area (Å²) in [5.74, 6) is 0. The molecule has 1 atom stereocenters. The molecule has 1 saturated heterocycles. The molecule has 16 heavy (non-hydrogen) atoms. The fraction of sp³-hybridized carbons (Fsp3) is 0.222. The number of alkyl carbamates (subject to hydrolysis) is 1. The van der Waals surface area contributed by atoms with Crippen LogP contribution in [0.2, 0.25) is 0 Å². The van der Waals surface area contributed by atoms with Crippen molar-refractivity contribution in [2.75, 3.05) is 6.61 Å². The molecule has 1 aromatic carbocycles. The first-order chi connectivity index (χ1) is 7.56. The number of nitro groups is 1. The molecule has 1 aliphatic heterocycles. The molecule has 0 saturated carbocycles. The third-order valence-corrected chi connectivity index (χ3v) is 2.65. The van der Waals surface area contributed by atoms with E-state index in [0.717, 1.165) is 0 Å². The van der Waals surface area contributed by atoms with Crippen LogP contribution in [0.5, 0.6) is 0 Å². The molecule has 2 rings (SSSR count). The quantitative estimate of drug-likeness (QED) is 0.667. The summed E-state index contributed by atoms with van der Waals surface area (Å²) in [5.41, 5.74) is 0.623. The van der Waals surface area contributed by atoms with Gasteiger partial charge in [-0.1, -0.05) is 15.9 Å². The largest absolute Gasteiger partial charge is 0.447 e. The molecule has 1 N–H and O–H groups in total. The fourth-order valence-corrected chi connectivity index (χ4v) is 1.97. The summed E-state index contributed by atoms with van der Waals surface area (Å²) in [6.45, 7) is 0.187. The minimum absolute atomic E-state index is 0.0227. The normalized spacial score (nSPS) is 19.1. The van der Waals surface area contributed by atoms with Gasteiger partial charge in [-0.05, 0) is 11.6 Å². The average molecular weight is 287 g/mol. The Bertz CT molecular complexity index is 463. The second-order valence-electron chi connectivity index (χ2n) is 3.30. The second-order valence-corrected chi connectivity index (χ2v) is 4.21. The van der Waals surface area contributed by atoms with Crippen molar-refractivity contribution in [3.63, 3.8) is 0 Å². The van der Waals surface area contributed by atoms with Gasteiger partial charge in [-0.2, -0.15) is 0 Å². The van der Waals surface area contributed by atoms with Crippen molar-refractivity contribution in [2.45, 2.75) is 6.04 Å². The highest BCUT2D eigenvalue weighted by Crippen LogP contribution is 2.27. The van der Waals surface area contributed by atoms with Crippen LogP contribution in [0.25, 0.3) is 0 Å². The minimum Gasteiger partial charge on any atom is -0.447 e. The SMILES string of the molecule is O=C1NC(c2cc(Br)cc([N+](=O)[O-])c2)CO1. The Morgan fingerprint density at radius 2 is 2.25 bits per heavy atom. The van der Waals surface area contributed by atoms with Crippen molar-refractivity contribution in [1.82, 2.24) is 5.32 Å². The molecular formula is C9H7BrN2O4. The van der Waals surface area contributed by atoms with Gasteiger partial charge in [0.15, 0.2) is 0 Å². The predicted molar refractivity (Wildman–Crippen MR) is 58.0 cm³/mol. The third-order valence-electron chi connectivity index (χ3n) is 2.19. The smallest absolute Gasteiger partial charge is 0.407 e. The number of cyclic esters (lactones) is 1. The maximum Gasteiger partial charge on any atom is 0.407 e. The van der Waals surface area contributed by atoms with Crippen LogP contribution >= 0.6 is 15.9 Å². The maximum absolute atomic E-state index is 10.9. The average Bonchev–Trinajstić information content (AvgIpc) is 2.64. The van der Waals surface area contributed by atoms with Crippen molar-refractivity contribution in [1.29, 1.82) is 0 Å². The van der Waals surface area contributed by atoms with E-state index in [1.165, 1.54) is 12.1 Å². The number of amides is 1. The molecule has 0 aliphatic carbocycles. The van der Waals surface area contributed by atoms with Gasteiger partial charge in [0.05, 0.1) is 11.0 Å². The van der Waals surface area contributed by atoms with E-state index in [1.807, 2.05) is 0 Å². The second kappa shape index (κ2) is 4.09. The van der Waals surface area contributed by atoms with Crippen LogP contribution in [0.4, 0.5) is 10.5 Å². The molecule has 6 nitrogen and oxygen atoms in total. The number of hydrogen-bond donors (Lipinski definition) is 1. The monoisotopic (exact) mass is 286 g/mol. The van der Waals surface area contributed by atoms with Crippen molar-refractivity contribution in [3.05, 3.63) is 38.3 Å². The zero-order valence-electron chi connectivity index (χ0n) is 7.97. The zero-order chi connectivity index (χ0) is 11.7. The lowest BCUT2D eigenvalue weighted by molar-refractivity contribution is -0.385. The summed E-state index contributed by atoms with van der Waals surface area (Å²) in [5, 5.41) is 13.2. The van der Waals surface area contributed by atoms with Gasteiger partial charge in [0.25, 0.3) is 5.69 Å². The van der Waals surface area contributed by atoms with Gasteiger partial charge in [0, 0.05) is 16.6 Å². The van der Waals surface area contributed by atoms with E-state index in [4.69, 9.17) is 4.74 Å². The summed E-state index contributed by atoms with van der Waals surface area (Å²) < 4.78 is 5.32. The van der Waals surface area contributed by atoms with E-state index in [0.29, 0.717) is 10.0 Å². The molecule has 1 aromatic rings. The molecule has 1 heterocycles. The van der Waals surface area contributed by atoms with E-state index < -0.39 is 11.0 Å². The molecule has 0 spiro atoms. The van der Waals surface area contributed by atoms with Crippen molar-refractivity contribution >= 4 is 27.7 Å². The van der Waals surface area contributed by atoms with E-state index in [-0.39, 0.29) is 18.3 Å². The van der Waals surface area contributed by atoms with Gasteiger partial charge in [-0.3, -0.25) is 10.1 Å². The van der Waals surface area contributed by atoms with Gasteiger partial charge in [0.1, 0.15) is 6.61 Å². The summed E-state index contributed by atoms with van der Waals surface area (Å²) in [4.78, 5) is 21.0. The van der Waals surface area contributed by atoms with Crippen LogP contribution in [-0.2, 0) is 4.74 Å². The maximum atomic E-state index is 10.9. The van der Waals surface area contributed by atoms with Crippen LogP contribution in [0.15, 0.2) is 22.7 Å². The Kier molecular flexibility index (Phi) is 2.78. The third kappa shape index (κ3) is 2.13. The predicted octanol–water partition coefficient (Wildman–Crippen LogP) is 2.14.